The summed E-state index contributed by atoms with van der Waals surface area (Å²) >= 11 is 5.47. The Morgan fingerprint density at radius 3 is 2.52 bits per heavy atom. The highest BCUT2D eigenvalue weighted by atomic mass is 32.1. The van der Waals surface area contributed by atoms with Crippen molar-refractivity contribution in [2.24, 2.45) is 0 Å². The fourth-order valence-corrected chi connectivity index (χ4v) is 3.25. The number of thiocarbonyl (C=S) groups is 1. The van der Waals surface area contributed by atoms with Crippen molar-refractivity contribution >= 4 is 28.7 Å². The lowest BCUT2D eigenvalue weighted by molar-refractivity contribution is 0.579. The fraction of sp³-hybridized carbons (Fsp3) is 0.238. The molecular formula is C21H23FN4S. The van der Waals surface area contributed by atoms with Gasteiger partial charge in [0.15, 0.2) is 5.11 Å². The Labute approximate surface area is 164 Å². The van der Waals surface area contributed by atoms with Crippen LogP contribution in [0.5, 0.6) is 0 Å². The minimum atomic E-state index is -0.230. The first kappa shape index (κ1) is 19.0. The summed E-state index contributed by atoms with van der Waals surface area (Å²) in [7, 11) is 0. The van der Waals surface area contributed by atoms with Gasteiger partial charge < -0.3 is 10.6 Å². The topological polar surface area (TPSA) is 41.9 Å². The Balaban J connectivity index is 1.76. The first-order valence-electron chi connectivity index (χ1n) is 8.78. The Hall–Kier alpha value is -2.73. The molecular weight excluding hydrogens is 359 g/mol. The van der Waals surface area contributed by atoms with Gasteiger partial charge in [-0.2, -0.15) is 5.10 Å². The van der Waals surface area contributed by atoms with Crippen molar-refractivity contribution in [3.8, 4) is 0 Å². The molecule has 3 rings (SSSR count). The molecule has 0 amide bonds. The second-order valence-electron chi connectivity index (χ2n) is 6.69. The zero-order chi connectivity index (χ0) is 19.6. The van der Waals surface area contributed by atoms with E-state index in [2.05, 4.69) is 28.7 Å². The molecule has 2 N–H and O–H groups in total. The first-order chi connectivity index (χ1) is 12.8. The van der Waals surface area contributed by atoms with Gasteiger partial charge in [-0.3, -0.25) is 4.68 Å². The summed E-state index contributed by atoms with van der Waals surface area (Å²) in [6.07, 6.45) is 0. The highest BCUT2D eigenvalue weighted by Gasteiger charge is 2.14. The molecule has 4 nitrogen and oxygen atoms in total. The number of aromatic nitrogens is 2. The van der Waals surface area contributed by atoms with E-state index in [0.717, 1.165) is 28.3 Å². The third-order valence-corrected chi connectivity index (χ3v) is 4.73. The van der Waals surface area contributed by atoms with Crippen LogP contribution >= 0.6 is 12.2 Å². The van der Waals surface area contributed by atoms with Gasteiger partial charge >= 0.3 is 0 Å². The van der Waals surface area contributed by atoms with E-state index < -0.39 is 0 Å². The SMILES string of the molecule is Cc1ccc(NC(=S)Nc2c(C)nn(Cc3ccccc3F)c2C)c(C)c1. The molecule has 3 aromatic rings. The van der Waals surface area contributed by atoms with E-state index in [1.54, 1.807) is 16.8 Å². The van der Waals surface area contributed by atoms with Gasteiger partial charge in [0, 0.05) is 11.3 Å². The zero-order valence-electron chi connectivity index (χ0n) is 15.9. The van der Waals surface area contributed by atoms with Gasteiger partial charge in [-0.25, -0.2) is 4.39 Å². The number of halogens is 1. The third-order valence-electron chi connectivity index (χ3n) is 4.53. The van der Waals surface area contributed by atoms with Crippen molar-refractivity contribution < 1.29 is 4.39 Å². The predicted molar refractivity (Wildman–Crippen MR) is 113 cm³/mol. The molecule has 0 spiro atoms. The Bertz CT molecular complexity index is 994. The fourth-order valence-electron chi connectivity index (χ4n) is 3.04. The molecule has 0 aliphatic carbocycles. The van der Waals surface area contributed by atoms with Gasteiger partial charge in [0.2, 0.25) is 0 Å². The molecule has 0 fully saturated rings. The number of aryl methyl sites for hydroxylation is 3. The van der Waals surface area contributed by atoms with E-state index in [9.17, 15) is 4.39 Å². The minimum absolute atomic E-state index is 0.230. The molecule has 1 aromatic heterocycles. The molecule has 1 heterocycles. The highest BCUT2D eigenvalue weighted by Crippen LogP contribution is 2.22. The summed E-state index contributed by atoms with van der Waals surface area (Å²) in [6, 6.07) is 12.9. The predicted octanol–water partition coefficient (Wildman–Crippen LogP) is 5.11. The molecule has 0 aliphatic heterocycles. The zero-order valence-corrected chi connectivity index (χ0v) is 16.7. The average Bonchev–Trinajstić information content (AvgIpc) is 2.87. The van der Waals surface area contributed by atoms with Gasteiger partial charge in [-0.15, -0.1) is 0 Å². The van der Waals surface area contributed by atoms with E-state index in [4.69, 9.17) is 12.2 Å². The maximum Gasteiger partial charge on any atom is 0.175 e. The lowest BCUT2D eigenvalue weighted by Gasteiger charge is -2.13. The molecule has 0 unspecified atom stereocenters. The van der Waals surface area contributed by atoms with Crippen LogP contribution in [-0.4, -0.2) is 14.9 Å². The summed E-state index contributed by atoms with van der Waals surface area (Å²) in [5.74, 6) is -0.230. The molecule has 0 aliphatic rings. The van der Waals surface area contributed by atoms with Gasteiger partial charge in [-0.1, -0.05) is 35.9 Å². The van der Waals surface area contributed by atoms with E-state index in [1.165, 1.54) is 11.6 Å². The monoisotopic (exact) mass is 382 g/mol. The second-order valence-corrected chi connectivity index (χ2v) is 7.10. The number of hydrogen-bond donors (Lipinski definition) is 2. The molecule has 0 saturated carbocycles. The molecule has 6 heteroatoms. The lowest BCUT2D eigenvalue weighted by atomic mass is 10.1. The summed E-state index contributed by atoms with van der Waals surface area (Å²) in [4.78, 5) is 0. The van der Waals surface area contributed by atoms with Crippen LogP contribution in [0, 0.1) is 33.5 Å². The lowest BCUT2D eigenvalue weighted by Crippen LogP contribution is -2.20. The van der Waals surface area contributed by atoms with Crippen LogP contribution in [0.4, 0.5) is 15.8 Å². The van der Waals surface area contributed by atoms with Crippen molar-refractivity contribution in [1.82, 2.24) is 9.78 Å². The molecule has 2 aromatic carbocycles. The largest absolute Gasteiger partial charge is 0.332 e. The standard InChI is InChI=1S/C21H23FN4S/c1-13-9-10-19(14(2)11-13)23-21(27)24-20-15(3)25-26(16(20)4)12-17-7-5-6-8-18(17)22/h5-11H,12H2,1-4H3,(H2,23,24,27). The van der Waals surface area contributed by atoms with Crippen molar-refractivity contribution in [3.05, 3.63) is 76.4 Å². The molecule has 0 radical (unpaired) electrons. The number of nitrogens with one attached hydrogen (secondary N) is 2. The quantitative estimate of drug-likeness (QED) is 0.615. The van der Waals surface area contributed by atoms with E-state index in [0.29, 0.717) is 17.2 Å². The summed E-state index contributed by atoms with van der Waals surface area (Å²) in [6.45, 7) is 8.33. The normalized spacial score (nSPS) is 10.7. The van der Waals surface area contributed by atoms with Crippen molar-refractivity contribution in [2.75, 3.05) is 10.6 Å². The molecule has 27 heavy (non-hydrogen) atoms. The maximum atomic E-state index is 13.9. The summed E-state index contributed by atoms with van der Waals surface area (Å²) in [5.41, 5.74) is 6.46. The van der Waals surface area contributed by atoms with Crippen LogP contribution in [0.2, 0.25) is 0 Å². The van der Waals surface area contributed by atoms with Crippen LogP contribution in [0.15, 0.2) is 42.5 Å². The number of rotatable bonds is 4. The maximum absolute atomic E-state index is 13.9. The van der Waals surface area contributed by atoms with Crippen molar-refractivity contribution in [2.45, 2.75) is 34.2 Å². The summed E-state index contributed by atoms with van der Waals surface area (Å²) < 4.78 is 15.7. The number of benzene rings is 2. The third kappa shape index (κ3) is 4.34. The summed E-state index contributed by atoms with van der Waals surface area (Å²) in [5, 5.41) is 11.5. The van der Waals surface area contributed by atoms with Crippen molar-refractivity contribution in [3.63, 3.8) is 0 Å². The van der Waals surface area contributed by atoms with E-state index >= 15 is 0 Å². The van der Waals surface area contributed by atoms with Crippen LogP contribution < -0.4 is 10.6 Å². The van der Waals surface area contributed by atoms with Gasteiger partial charge in [0.25, 0.3) is 0 Å². The van der Waals surface area contributed by atoms with E-state index in [-0.39, 0.29) is 5.82 Å². The minimum Gasteiger partial charge on any atom is -0.332 e. The van der Waals surface area contributed by atoms with Crippen molar-refractivity contribution in [1.29, 1.82) is 0 Å². The number of hydrogen-bond acceptors (Lipinski definition) is 2. The van der Waals surface area contributed by atoms with E-state index in [1.807, 2.05) is 39.0 Å². The molecule has 0 bridgehead atoms. The van der Waals surface area contributed by atoms with Gasteiger partial charge in [-0.05, 0) is 57.6 Å². The Kier molecular flexibility index (Phi) is 5.56. The van der Waals surface area contributed by atoms with Gasteiger partial charge in [0.05, 0.1) is 23.6 Å². The smallest absolute Gasteiger partial charge is 0.175 e. The molecule has 0 saturated heterocycles. The van der Waals surface area contributed by atoms with Crippen LogP contribution in [0.1, 0.15) is 28.1 Å². The van der Waals surface area contributed by atoms with Crippen LogP contribution in [-0.2, 0) is 6.54 Å². The molecule has 140 valence electrons. The number of anilines is 2. The highest BCUT2D eigenvalue weighted by molar-refractivity contribution is 7.80. The molecule has 0 atom stereocenters. The number of nitrogens with zero attached hydrogens (tertiary/aromatic N) is 2. The van der Waals surface area contributed by atoms with Crippen LogP contribution in [0.3, 0.4) is 0 Å². The Morgan fingerprint density at radius 1 is 1.07 bits per heavy atom. The second kappa shape index (κ2) is 7.88. The van der Waals surface area contributed by atoms with Gasteiger partial charge in [0.1, 0.15) is 5.82 Å². The van der Waals surface area contributed by atoms with Crippen LogP contribution in [0.25, 0.3) is 0 Å². The average molecular weight is 383 g/mol. The first-order valence-corrected chi connectivity index (χ1v) is 9.18. The Morgan fingerprint density at radius 2 is 1.81 bits per heavy atom.